The molecule has 134 valence electrons. The van der Waals surface area contributed by atoms with Gasteiger partial charge < -0.3 is 15.2 Å². The summed E-state index contributed by atoms with van der Waals surface area (Å²) in [6, 6.07) is -1.16. The Morgan fingerprint density at radius 3 is 2.48 bits per heavy atom. The van der Waals surface area contributed by atoms with E-state index in [2.05, 4.69) is 5.32 Å². The summed E-state index contributed by atoms with van der Waals surface area (Å²) in [6.07, 6.45) is 2.15. The zero-order chi connectivity index (χ0) is 17.5. The maximum atomic E-state index is 12.5. The first-order valence-electron chi connectivity index (χ1n) is 7.78. The summed E-state index contributed by atoms with van der Waals surface area (Å²) in [7, 11) is -3.70. The highest BCUT2D eigenvalue weighted by atomic mass is 32.2. The number of carbonyl (C=O) groups excluding carboxylic acids is 1. The second-order valence-corrected chi connectivity index (χ2v) is 7.81. The fraction of sp³-hybridized carbons (Fsp3) is 0.857. The van der Waals surface area contributed by atoms with Crippen molar-refractivity contribution >= 4 is 21.9 Å². The van der Waals surface area contributed by atoms with Crippen LogP contribution in [-0.2, 0) is 24.3 Å². The zero-order valence-corrected chi connectivity index (χ0v) is 14.5. The summed E-state index contributed by atoms with van der Waals surface area (Å²) in [5, 5.41) is 11.6. The predicted molar refractivity (Wildman–Crippen MR) is 84.4 cm³/mol. The number of nitrogens with zero attached hydrogens (tertiary/aromatic N) is 1. The van der Waals surface area contributed by atoms with E-state index < -0.39 is 22.0 Å². The van der Waals surface area contributed by atoms with Crippen molar-refractivity contribution in [2.45, 2.75) is 39.2 Å². The third kappa shape index (κ3) is 6.84. The molecule has 1 rings (SSSR count). The molecule has 23 heavy (non-hydrogen) atoms. The molecular weight excluding hydrogens is 324 g/mol. The molecule has 8 nitrogen and oxygen atoms in total. The second-order valence-electron chi connectivity index (χ2n) is 5.77. The van der Waals surface area contributed by atoms with E-state index in [0.717, 1.165) is 17.1 Å². The summed E-state index contributed by atoms with van der Waals surface area (Å²) < 4.78 is 31.2. The SMILES string of the molecule is CC(=O)NCCN(C(C)C(=O)O)S(=O)(=O)CCC1CCOCC1. The van der Waals surface area contributed by atoms with Crippen molar-refractivity contribution in [3.8, 4) is 0 Å². The number of ether oxygens (including phenoxy) is 1. The van der Waals surface area contributed by atoms with Crippen molar-refractivity contribution in [1.29, 1.82) is 0 Å². The van der Waals surface area contributed by atoms with E-state index in [4.69, 9.17) is 9.84 Å². The Balaban J connectivity index is 2.68. The van der Waals surface area contributed by atoms with Crippen LogP contribution in [-0.4, -0.2) is 67.8 Å². The minimum Gasteiger partial charge on any atom is -0.480 e. The van der Waals surface area contributed by atoms with Crippen LogP contribution >= 0.6 is 0 Å². The number of hydrogen-bond donors (Lipinski definition) is 2. The number of carboxylic acids is 1. The molecule has 0 aromatic heterocycles. The molecule has 1 amide bonds. The lowest BCUT2D eigenvalue weighted by atomic mass is 9.98. The Labute approximate surface area is 137 Å². The van der Waals surface area contributed by atoms with E-state index in [1.807, 2.05) is 0 Å². The van der Waals surface area contributed by atoms with Gasteiger partial charge in [0.05, 0.1) is 5.75 Å². The highest BCUT2D eigenvalue weighted by Crippen LogP contribution is 2.20. The Hall–Kier alpha value is -1.19. The van der Waals surface area contributed by atoms with Gasteiger partial charge in [0.1, 0.15) is 6.04 Å². The van der Waals surface area contributed by atoms with Crippen molar-refractivity contribution in [1.82, 2.24) is 9.62 Å². The van der Waals surface area contributed by atoms with Gasteiger partial charge in [-0.15, -0.1) is 0 Å². The number of carbonyl (C=O) groups is 2. The zero-order valence-electron chi connectivity index (χ0n) is 13.7. The number of nitrogens with one attached hydrogen (secondary N) is 1. The minimum atomic E-state index is -3.70. The lowest BCUT2D eigenvalue weighted by Crippen LogP contribution is -2.47. The lowest BCUT2D eigenvalue weighted by Gasteiger charge is -2.27. The van der Waals surface area contributed by atoms with Gasteiger partial charge in [-0.3, -0.25) is 9.59 Å². The topological polar surface area (TPSA) is 113 Å². The summed E-state index contributed by atoms with van der Waals surface area (Å²) in [6.45, 7) is 3.98. The van der Waals surface area contributed by atoms with E-state index in [1.54, 1.807) is 0 Å². The minimum absolute atomic E-state index is 0.0524. The maximum absolute atomic E-state index is 12.5. The van der Waals surface area contributed by atoms with Crippen LogP contribution < -0.4 is 5.32 Å². The van der Waals surface area contributed by atoms with Crippen LogP contribution in [0.5, 0.6) is 0 Å². The van der Waals surface area contributed by atoms with Crippen molar-refractivity contribution < 1.29 is 27.9 Å². The molecular formula is C14H26N2O6S. The first-order chi connectivity index (χ1) is 10.7. The van der Waals surface area contributed by atoms with Gasteiger partial charge in [-0.2, -0.15) is 4.31 Å². The Bertz CT molecular complexity index is 501. The van der Waals surface area contributed by atoms with Crippen molar-refractivity contribution in [3.63, 3.8) is 0 Å². The van der Waals surface area contributed by atoms with Gasteiger partial charge >= 0.3 is 5.97 Å². The van der Waals surface area contributed by atoms with Gasteiger partial charge in [0.15, 0.2) is 0 Å². The van der Waals surface area contributed by atoms with Crippen LogP contribution in [0.3, 0.4) is 0 Å². The summed E-state index contributed by atoms with van der Waals surface area (Å²) in [4.78, 5) is 22.1. The number of rotatable bonds is 9. The Morgan fingerprint density at radius 1 is 1.35 bits per heavy atom. The van der Waals surface area contributed by atoms with Crippen molar-refractivity contribution in [3.05, 3.63) is 0 Å². The van der Waals surface area contributed by atoms with Crippen LogP contribution in [0.4, 0.5) is 0 Å². The first kappa shape index (κ1) is 19.9. The molecule has 0 spiro atoms. The molecule has 0 bridgehead atoms. The standard InChI is InChI=1S/C14H26N2O6S/c1-11(14(18)19)16(7-6-15-12(2)17)23(20,21)10-5-13-3-8-22-9-4-13/h11,13H,3-10H2,1-2H3,(H,15,17)(H,18,19). The number of amides is 1. The number of hydrogen-bond acceptors (Lipinski definition) is 5. The fourth-order valence-electron chi connectivity index (χ4n) is 2.51. The molecule has 1 saturated heterocycles. The molecule has 1 aliphatic rings. The smallest absolute Gasteiger partial charge is 0.321 e. The molecule has 9 heteroatoms. The average molecular weight is 350 g/mol. The molecule has 0 saturated carbocycles. The van der Waals surface area contributed by atoms with Gasteiger partial charge in [0.25, 0.3) is 0 Å². The van der Waals surface area contributed by atoms with Gasteiger partial charge in [0, 0.05) is 33.2 Å². The van der Waals surface area contributed by atoms with Crippen LogP contribution in [0.1, 0.15) is 33.1 Å². The number of carboxylic acid groups (broad SMARTS) is 1. The van der Waals surface area contributed by atoms with E-state index in [9.17, 15) is 18.0 Å². The van der Waals surface area contributed by atoms with Gasteiger partial charge in [-0.25, -0.2) is 8.42 Å². The fourth-order valence-corrected chi connectivity index (χ4v) is 4.31. The third-order valence-corrected chi connectivity index (χ3v) is 5.94. The highest BCUT2D eigenvalue weighted by molar-refractivity contribution is 7.89. The molecule has 1 aliphatic heterocycles. The quantitative estimate of drug-likeness (QED) is 0.607. The van der Waals surface area contributed by atoms with Gasteiger partial charge in [-0.1, -0.05) is 0 Å². The molecule has 1 atom stereocenters. The van der Waals surface area contributed by atoms with E-state index in [1.165, 1.54) is 13.8 Å². The van der Waals surface area contributed by atoms with Gasteiger partial charge in [-0.05, 0) is 32.1 Å². The third-order valence-electron chi connectivity index (χ3n) is 3.98. The van der Waals surface area contributed by atoms with Crippen molar-refractivity contribution in [2.24, 2.45) is 5.92 Å². The van der Waals surface area contributed by atoms with E-state index in [-0.39, 0.29) is 30.7 Å². The van der Waals surface area contributed by atoms with Gasteiger partial charge in [0.2, 0.25) is 15.9 Å². The number of sulfonamides is 1. The van der Waals surface area contributed by atoms with Crippen LogP contribution in [0, 0.1) is 5.92 Å². The monoisotopic (exact) mass is 350 g/mol. The molecule has 0 aromatic carbocycles. The summed E-state index contributed by atoms with van der Waals surface area (Å²) in [5.74, 6) is -1.29. The van der Waals surface area contributed by atoms with Crippen LogP contribution in [0.2, 0.25) is 0 Å². The Morgan fingerprint density at radius 2 is 1.96 bits per heavy atom. The average Bonchev–Trinajstić information content (AvgIpc) is 2.49. The normalized spacial score (nSPS) is 17.9. The largest absolute Gasteiger partial charge is 0.480 e. The molecule has 1 heterocycles. The summed E-state index contributed by atoms with van der Waals surface area (Å²) in [5.41, 5.74) is 0. The van der Waals surface area contributed by atoms with Crippen molar-refractivity contribution in [2.75, 3.05) is 32.1 Å². The predicted octanol–water partition coefficient (Wildman–Crippen LogP) is 0.0441. The highest BCUT2D eigenvalue weighted by Gasteiger charge is 2.31. The molecule has 0 aromatic rings. The first-order valence-corrected chi connectivity index (χ1v) is 9.39. The molecule has 0 radical (unpaired) electrons. The van der Waals surface area contributed by atoms with Crippen LogP contribution in [0.25, 0.3) is 0 Å². The van der Waals surface area contributed by atoms with Crippen LogP contribution in [0.15, 0.2) is 0 Å². The van der Waals surface area contributed by atoms with E-state index >= 15 is 0 Å². The lowest BCUT2D eigenvalue weighted by molar-refractivity contribution is -0.140. The Kier molecular flexibility index (Phi) is 7.93. The number of aliphatic carboxylic acids is 1. The molecule has 0 aliphatic carbocycles. The maximum Gasteiger partial charge on any atom is 0.321 e. The second kappa shape index (κ2) is 9.19. The molecule has 1 unspecified atom stereocenters. The molecule has 1 fully saturated rings. The molecule has 2 N–H and O–H groups in total. The van der Waals surface area contributed by atoms with E-state index in [0.29, 0.717) is 19.6 Å². The summed E-state index contributed by atoms with van der Waals surface area (Å²) >= 11 is 0.